The molecule has 17 heavy (non-hydrogen) atoms. The average molecular weight is 231 g/mol. The Balaban J connectivity index is 2.13. The first-order valence-corrected chi connectivity index (χ1v) is 5.69. The molecule has 0 bridgehead atoms. The number of guanidine groups is 1. The fourth-order valence-corrected chi connectivity index (χ4v) is 2.26. The summed E-state index contributed by atoms with van der Waals surface area (Å²) in [6.07, 6.45) is 0.847. The van der Waals surface area contributed by atoms with E-state index in [1.54, 1.807) is 0 Å². The van der Waals surface area contributed by atoms with Crippen molar-refractivity contribution >= 4 is 11.9 Å². The van der Waals surface area contributed by atoms with Gasteiger partial charge in [0.1, 0.15) is 0 Å². The fraction of sp³-hybridized carbons (Fsp3) is 0.385. The van der Waals surface area contributed by atoms with Crippen molar-refractivity contribution in [1.29, 1.82) is 0 Å². The van der Waals surface area contributed by atoms with Crippen molar-refractivity contribution in [2.24, 2.45) is 22.4 Å². The molecule has 1 fully saturated rings. The van der Waals surface area contributed by atoms with Gasteiger partial charge >= 0.3 is 0 Å². The SMILES string of the molecule is Cc1ccc(C2CC2C(=O)N=C(N)N)c(C)c1. The van der Waals surface area contributed by atoms with Gasteiger partial charge in [-0.25, -0.2) is 0 Å². The highest BCUT2D eigenvalue weighted by Crippen LogP contribution is 2.49. The zero-order chi connectivity index (χ0) is 12.6. The van der Waals surface area contributed by atoms with Crippen LogP contribution in [0, 0.1) is 19.8 Å². The van der Waals surface area contributed by atoms with Gasteiger partial charge in [-0.3, -0.25) is 4.79 Å². The number of carbonyl (C=O) groups excluding carboxylic acids is 1. The summed E-state index contributed by atoms with van der Waals surface area (Å²) in [7, 11) is 0. The van der Waals surface area contributed by atoms with E-state index in [2.05, 4.69) is 37.0 Å². The van der Waals surface area contributed by atoms with Crippen molar-refractivity contribution in [2.75, 3.05) is 0 Å². The number of nitrogens with zero attached hydrogens (tertiary/aromatic N) is 1. The van der Waals surface area contributed by atoms with Crippen LogP contribution in [-0.2, 0) is 4.79 Å². The Hall–Kier alpha value is -1.84. The van der Waals surface area contributed by atoms with Gasteiger partial charge in [0.2, 0.25) is 0 Å². The molecule has 0 spiro atoms. The molecule has 0 saturated heterocycles. The van der Waals surface area contributed by atoms with E-state index in [1.165, 1.54) is 16.7 Å². The molecule has 2 atom stereocenters. The van der Waals surface area contributed by atoms with Gasteiger partial charge in [-0.1, -0.05) is 23.8 Å². The highest BCUT2D eigenvalue weighted by molar-refractivity contribution is 5.94. The second-order valence-electron chi connectivity index (χ2n) is 4.68. The summed E-state index contributed by atoms with van der Waals surface area (Å²) in [5.74, 6) is -0.110. The van der Waals surface area contributed by atoms with Crippen LogP contribution in [0.2, 0.25) is 0 Å². The molecule has 0 aromatic heterocycles. The highest BCUT2D eigenvalue weighted by Gasteiger charge is 2.44. The fourth-order valence-electron chi connectivity index (χ4n) is 2.26. The van der Waals surface area contributed by atoms with E-state index >= 15 is 0 Å². The monoisotopic (exact) mass is 231 g/mol. The first-order chi connectivity index (χ1) is 7.99. The van der Waals surface area contributed by atoms with Crippen molar-refractivity contribution in [3.05, 3.63) is 34.9 Å². The quantitative estimate of drug-likeness (QED) is 0.593. The molecule has 1 amide bonds. The van der Waals surface area contributed by atoms with Crippen molar-refractivity contribution in [1.82, 2.24) is 0 Å². The van der Waals surface area contributed by atoms with Crippen molar-refractivity contribution < 1.29 is 4.79 Å². The predicted octanol–water partition coefficient (Wildman–Crippen LogP) is 1.21. The van der Waals surface area contributed by atoms with Gasteiger partial charge in [0, 0.05) is 5.92 Å². The van der Waals surface area contributed by atoms with Crippen LogP contribution < -0.4 is 11.5 Å². The van der Waals surface area contributed by atoms with E-state index in [-0.39, 0.29) is 23.7 Å². The molecule has 0 aliphatic heterocycles. The van der Waals surface area contributed by atoms with Gasteiger partial charge in [0.05, 0.1) is 0 Å². The topological polar surface area (TPSA) is 81.5 Å². The van der Waals surface area contributed by atoms with E-state index in [0.29, 0.717) is 0 Å². The first kappa shape index (κ1) is 11.6. The number of carbonyl (C=O) groups is 1. The van der Waals surface area contributed by atoms with Gasteiger partial charge < -0.3 is 11.5 Å². The highest BCUT2D eigenvalue weighted by atomic mass is 16.1. The van der Waals surface area contributed by atoms with Gasteiger partial charge in [0.25, 0.3) is 5.91 Å². The number of nitrogens with two attached hydrogens (primary N) is 2. The number of aliphatic imine (C=N–C) groups is 1. The van der Waals surface area contributed by atoms with E-state index in [4.69, 9.17) is 11.5 Å². The summed E-state index contributed by atoms with van der Waals surface area (Å²) in [6.45, 7) is 4.13. The molecule has 4 N–H and O–H groups in total. The van der Waals surface area contributed by atoms with E-state index < -0.39 is 0 Å². The Kier molecular flexibility index (Phi) is 2.88. The summed E-state index contributed by atoms with van der Waals surface area (Å²) in [5, 5.41) is 0. The molecule has 4 heteroatoms. The van der Waals surface area contributed by atoms with E-state index in [1.807, 2.05) is 0 Å². The molecule has 2 rings (SSSR count). The number of hydrogen-bond donors (Lipinski definition) is 2. The molecule has 1 aliphatic rings. The van der Waals surface area contributed by atoms with Gasteiger partial charge in [-0.05, 0) is 37.3 Å². The molecule has 0 heterocycles. The predicted molar refractivity (Wildman–Crippen MR) is 67.6 cm³/mol. The molecule has 4 nitrogen and oxygen atoms in total. The van der Waals surface area contributed by atoms with Crippen LogP contribution in [0.15, 0.2) is 23.2 Å². The number of amides is 1. The lowest BCUT2D eigenvalue weighted by molar-refractivity contribution is -0.119. The van der Waals surface area contributed by atoms with Crippen molar-refractivity contribution in [3.63, 3.8) is 0 Å². The second-order valence-corrected chi connectivity index (χ2v) is 4.68. The maximum atomic E-state index is 11.6. The average Bonchev–Trinajstić information content (AvgIpc) is 2.96. The van der Waals surface area contributed by atoms with Crippen LogP contribution >= 0.6 is 0 Å². The summed E-state index contributed by atoms with van der Waals surface area (Å²) in [6, 6.07) is 6.30. The van der Waals surface area contributed by atoms with Crippen LogP contribution in [-0.4, -0.2) is 11.9 Å². The lowest BCUT2D eigenvalue weighted by Gasteiger charge is -2.05. The summed E-state index contributed by atoms with van der Waals surface area (Å²) in [4.78, 5) is 15.2. The van der Waals surface area contributed by atoms with Gasteiger partial charge in [0.15, 0.2) is 5.96 Å². The smallest absolute Gasteiger partial charge is 0.252 e. The third kappa shape index (κ3) is 2.46. The molecule has 90 valence electrons. The minimum atomic E-state index is -0.199. The minimum absolute atomic E-state index is 0.0430. The molecule has 1 aromatic rings. The summed E-state index contributed by atoms with van der Waals surface area (Å²) in [5.41, 5.74) is 14.1. The molecule has 1 aliphatic carbocycles. The Labute approximate surface area is 101 Å². The molecular weight excluding hydrogens is 214 g/mol. The van der Waals surface area contributed by atoms with Crippen LogP contribution in [0.1, 0.15) is 29.0 Å². The second kappa shape index (κ2) is 4.20. The lowest BCUT2D eigenvalue weighted by Crippen LogP contribution is -2.24. The molecule has 2 unspecified atom stereocenters. The number of hydrogen-bond acceptors (Lipinski definition) is 1. The van der Waals surface area contributed by atoms with Gasteiger partial charge in [-0.2, -0.15) is 4.99 Å². The zero-order valence-electron chi connectivity index (χ0n) is 10.1. The summed E-state index contributed by atoms with van der Waals surface area (Å²) >= 11 is 0. The van der Waals surface area contributed by atoms with Crippen LogP contribution in [0.4, 0.5) is 0 Å². The van der Waals surface area contributed by atoms with E-state index in [0.717, 1.165) is 6.42 Å². The van der Waals surface area contributed by atoms with Crippen LogP contribution in [0.3, 0.4) is 0 Å². The van der Waals surface area contributed by atoms with Crippen LogP contribution in [0.25, 0.3) is 0 Å². The Morgan fingerprint density at radius 3 is 2.65 bits per heavy atom. The standard InChI is InChI=1S/C13H17N3O/c1-7-3-4-9(8(2)5-7)10-6-11(10)12(17)16-13(14)15/h3-5,10-11H,6H2,1-2H3,(H4,14,15,16,17). The van der Waals surface area contributed by atoms with Gasteiger partial charge in [-0.15, -0.1) is 0 Å². The Morgan fingerprint density at radius 1 is 1.35 bits per heavy atom. The van der Waals surface area contributed by atoms with E-state index in [9.17, 15) is 4.79 Å². The number of benzene rings is 1. The number of rotatable bonds is 2. The lowest BCUT2D eigenvalue weighted by atomic mass is 10.0. The maximum absolute atomic E-state index is 11.6. The zero-order valence-corrected chi connectivity index (χ0v) is 10.1. The minimum Gasteiger partial charge on any atom is -0.370 e. The third-order valence-electron chi connectivity index (χ3n) is 3.17. The maximum Gasteiger partial charge on any atom is 0.252 e. The molecular formula is C13H17N3O. The Morgan fingerprint density at radius 2 is 2.06 bits per heavy atom. The molecule has 0 radical (unpaired) electrons. The third-order valence-corrected chi connectivity index (χ3v) is 3.17. The molecule has 1 aromatic carbocycles. The van der Waals surface area contributed by atoms with Crippen LogP contribution in [0.5, 0.6) is 0 Å². The normalized spacial score (nSPS) is 22.0. The van der Waals surface area contributed by atoms with Crippen molar-refractivity contribution in [2.45, 2.75) is 26.2 Å². The first-order valence-electron chi connectivity index (χ1n) is 5.69. The summed E-state index contributed by atoms with van der Waals surface area (Å²) < 4.78 is 0. The number of aryl methyl sites for hydroxylation is 2. The van der Waals surface area contributed by atoms with Crippen molar-refractivity contribution in [3.8, 4) is 0 Å². The molecule has 1 saturated carbocycles. The largest absolute Gasteiger partial charge is 0.370 e. The Bertz CT molecular complexity index is 489.